The lowest BCUT2D eigenvalue weighted by molar-refractivity contribution is 0.715. The van der Waals surface area contributed by atoms with Crippen LogP contribution in [0.5, 0.6) is 0 Å². The van der Waals surface area contributed by atoms with Crippen molar-refractivity contribution in [3.63, 3.8) is 0 Å². The Morgan fingerprint density at radius 3 is 1.56 bits per heavy atom. The molecule has 0 amide bonds. The SMILES string of the molecule is CC(C)P(C(C)C)C1(Cc2ccccc2)c2ccccc2-c2ccccc21. The summed E-state index contributed by atoms with van der Waals surface area (Å²) in [7, 11) is -0.261. The molecule has 0 radical (unpaired) electrons. The summed E-state index contributed by atoms with van der Waals surface area (Å²) in [6.07, 6.45) is 1.09. The van der Waals surface area contributed by atoms with Crippen LogP contribution in [-0.4, -0.2) is 11.3 Å². The lowest BCUT2D eigenvalue weighted by Crippen LogP contribution is -2.32. The van der Waals surface area contributed by atoms with Gasteiger partial charge in [-0.25, -0.2) is 0 Å². The molecule has 0 spiro atoms. The standard InChI is InChI=1S/C26H29P/c1-19(2)27(20(3)4)26(18-21-12-6-5-7-13-21)24-16-10-8-14-22(24)23-15-9-11-17-25(23)26/h5-17,19-20H,18H2,1-4H3. The molecule has 0 N–H and O–H groups in total. The summed E-state index contributed by atoms with van der Waals surface area (Å²) in [4.78, 5) is 0. The van der Waals surface area contributed by atoms with Crippen molar-refractivity contribution < 1.29 is 0 Å². The van der Waals surface area contributed by atoms with Crippen LogP contribution in [0.1, 0.15) is 44.4 Å². The number of benzene rings is 3. The molecule has 0 unspecified atom stereocenters. The molecule has 27 heavy (non-hydrogen) atoms. The monoisotopic (exact) mass is 372 g/mol. The van der Waals surface area contributed by atoms with E-state index in [1.807, 2.05) is 0 Å². The van der Waals surface area contributed by atoms with Crippen molar-refractivity contribution in [3.05, 3.63) is 95.6 Å². The highest BCUT2D eigenvalue weighted by Crippen LogP contribution is 2.70. The molecule has 3 aromatic carbocycles. The highest BCUT2D eigenvalue weighted by molar-refractivity contribution is 7.60. The largest absolute Gasteiger partial charge is 0.0854 e. The van der Waals surface area contributed by atoms with Gasteiger partial charge >= 0.3 is 0 Å². The molecular formula is C26H29P. The highest BCUT2D eigenvalue weighted by Gasteiger charge is 2.50. The molecule has 0 aliphatic heterocycles. The molecule has 1 aliphatic rings. The van der Waals surface area contributed by atoms with E-state index in [9.17, 15) is 0 Å². The molecule has 4 rings (SSSR count). The zero-order valence-corrected chi connectivity index (χ0v) is 17.7. The van der Waals surface area contributed by atoms with Crippen LogP contribution >= 0.6 is 7.92 Å². The minimum Gasteiger partial charge on any atom is -0.0854 e. The van der Waals surface area contributed by atoms with E-state index in [0.717, 1.165) is 6.42 Å². The Bertz CT molecular complexity index is 870. The molecule has 138 valence electrons. The van der Waals surface area contributed by atoms with Crippen molar-refractivity contribution >= 4 is 7.92 Å². The highest BCUT2D eigenvalue weighted by atomic mass is 31.1. The molecule has 0 nitrogen and oxygen atoms in total. The number of hydrogen-bond acceptors (Lipinski definition) is 0. The van der Waals surface area contributed by atoms with Gasteiger partial charge in [-0.15, -0.1) is 0 Å². The third-order valence-electron chi connectivity index (χ3n) is 5.89. The van der Waals surface area contributed by atoms with Gasteiger partial charge in [-0.2, -0.15) is 0 Å². The third-order valence-corrected chi connectivity index (χ3v) is 9.64. The van der Waals surface area contributed by atoms with Gasteiger partial charge in [0.15, 0.2) is 0 Å². The quantitative estimate of drug-likeness (QED) is 0.408. The maximum absolute atomic E-state index is 2.43. The first-order chi connectivity index (χ1) is 13.1. The number of fused-ring (bicyclic) bond motifs is 3. The van der Waals surface area contributed by atoms with Gasteiger partial charge in [0.2, 0.25) is 0 Å². The number of rotatable bonds is 5. The third kappa shape index (κ3) is 2.95. The van der Waals surface area contributed by atoms with E-state index in [1.165, 1.54) is 16.7 Å². The second-order valence-electron chi connectivity index (χ2n) is 8.21. The van der Waals surface area contributed by atoms with E-state index in [0.29, 0.717) is 11.3 Å². The molecule has 1 aliphatic carbocycles. The molecule has 1 heteroatoms. The maximum Gasteiger partial charge on any atom is 0.0458 e. The smallest absolute Gasteiger partial charge is 0.0458 e. The van der Waals surface area contributed by atoms with Crippen molar-refractivity contribution in [2.75, 3.05) is 0 Å². The van der Waals surface area contributed by atoms with Gasteiger partial charge in [-0.1, -0.05) is 114 Å². The van der Waals surface area contributed by atoms with Crippen molar-refractivity contribution in [2.45, 2.75) is 50.6 Å². The number of hydrogen-bond donors (Lipinski definition) is 0. The summed E-state index contributed by atoms with van der Waals surface area (Å²) >= 11 is 0. The fourth-order valence-corrected chi connectivity index (χ4v) is 9.50. The average Bonchev–Trinajstić information content (AvgIpc) is 2.93. The second kappa shape index (κ2) is 7.25. The Labute approximate surface area is 165 Å². The first-order valence-electron chi connectivity index (χ1n) is 10.1. The summed E-state index contributed by atoms with van der Waals surface area (Å²) in [5.41, 5.74) is 8.76. The van der Waals surface area contributed by atoms with Crippen LogP contribution < -0.4 is 0 Å². The van der Waals surface area contributed by atoms with Gasteiger partial charge in [0.1, 0.15) is 0 Å². The summed E-state index contributed by atoms with van der Waals surface area (Å²) in [5.74, 6) is 0. The molecule has 0 aromatic heterocycles. The molecule has 0 fully saturated rings. The molecule has 0 bridgehead atoms. The van der Waals surface area contributed by atoms with E-state index < -0.39 is 0 Å². The average molecular weight is 372 g/mol. The fourth-order valence-electron chi connectivity index (χ4n) is 5.23. The molecular weight excluding hydrogens is 343 g/mol. The molecule has 0 saturated carbocycles. The minimum absolute atomic E-state index is 0.0895. The second-order valence-corrected chi connectivity index (χ2v) is 11.9. The van der Waals surface area contributed by atoms with Gasteiger partial charge in [-0.05, 0) is 45.6 Å². The Kier molecular flexibility index (Phi) is 4.95. The van der Waals surface area contributed by atoms with E-state index in [-0.39, 0.29) is 13.1 Å². The van der Waals surface area contributed by atoms with Crippen LogP contribution in [0.3, 0.4) is 0 Å². The lowest BCUT2D eigenvalue weighted by Gasteiger charge is -2.45. The van der Waals surface area contributed by atoms with Crippen LogP contribution in [0, 0.1) is 0 Å². The van der Waals surface area contributed by atoms with Gasteiger partial charge < -0.3 is 0 Å². The topological polar surface area (TPSA) is 0 Å². The summed E-state index contributed by atoms with van der Waals surface area (Å²) in [6.45, 7) is 9.73. The molecule has 0 heterocycles. The van der Waals surface area contributed by atoms with Gasteiger partial charge in [0.05, 0.1) is 0 Å². The molecule has 0 atom stereocenters. The zero-order valence-electron chi connectivity index (χ0n) is 16.8. The van der Waals surface area contributed by atoms with Crippen LogP contribution in [0.2, 0.25) is 0 Å². The van der Waals surface area contributed by atoms with Crippen LogP contribution in [-0.2, 0) is 11.6 Å². The first kappa shape index (κ1) is 18.5. The summed E-state index contributed by atoms with van der Waals surface area (Å²) < 4.78 is 0. The van der Waals surface area contributed by atoms with Crippen LogP contribution in [0.15, 0.2) is 78.9 Å². The van der Waals surface area contributed by atoms with Crippen LogP contribution in [0.4, 0.5) is 0 Å². The van der Waals surface area contributed by atoms with Crippen molar-refractivity contribution in [3.8, 4) is 11.1 Å². The van der Waals surface area contributed by atoms with E-state index in [1.54, 1.807) is 11.1 Å². The Balaban J connectivity index is 2.04. The predicted molar refractivity (Wildman–Crippen MR) is 120 cm³/mol. The fraction of sp³-hybridized carbons (Fsp3) is 0.308. The van der Waals surface area contributed by atoms with Gasteiger partial charge in [0.25, 0.3) is 0 Å². The summed E-state index contributed by atoms with van der Waals surface area (Å²) in [5, 5.41) is 0.0895. The van der Waals surface area contributed by atoms with Crippen LogP contribution in [0.25, 0.3) is 11.1 Å². The first-order valence-corrected chi connectivity index (χ1v) is 11.6. The van der Waals surface area contributed by atoms with Gasteiger partial charge in [-0.3, -0.25) is 0 Å². The van der Waals surface area contributed by atoms with Gasteiger partial charge in [0, 0.05) is 5.16 Å². The normalized spacial score (nSPS) is 14.6. The Hall–Kier alpha value is -1.91. The van der Waals surface area contributed by atoms with Crippen molar-refractivity contribution in [2.24, 2.45) is 0 Å². The minimum atomic E-state index is -0.261. The Morgan fingerprint density at radius 1 is 0.630 bits per heavy atom. The van der Waals surface area contributed by atoms with E-state index >= 15 is 0 Å². The van der Waals surface area contributed by atoms with E-state index in [4.69, 9.17) is 0 Å². The van der Waals surface area contributed by atoms with Crippen molar-refractivity contribution in [1.82, 2.24) is 0 Å². The summed E-state index contributed by atoms with van der Waals surface area (Å²) in [6, 6.07) is 29.4. The van der Waals surface area contributed by atoms with E-state index in [2.05, 4.69) is 107 Å². The zero-order chi connectivity index (χ0) is 19.0. The Morgan fingerprint density at radius 2 is 1.07 bits per heavy atom. The lowest BCUT2D eigenvalue weighted by atomic mass is 9.89. The predicted octanol–water partition coefficient (Wildman–Crippen LogP) is 7.45. The van der Waals surface area contributed by atoms with Crippen molar-refractivity contribution in [1.29, 1.82) is 0 Å². The maximum atomic E-state index is 2.43. The molecule has 3 aromatic rings. The molecule has 0 saturated heterocycles.